The third kappa shape index (κ3) is 4.37. The molecule has 1 unspecified atom stereocenters. The smallest absolute Gasteiger partial charge is 0.0175 e. The minimum atomic E-state index is 0.172. The minimum absolute atomic E-state index is 0.172. The molecule has 0 amide bonds. The van der Waals surface area contributed by atoms with Crippen LogP contribution in [0.1, 0.15) is 11.1 Å². The summed E-state index contributed by atoms with van der Waals surface area (Å²) in [5.74, 6) is 0. The Hall–Kier alpha value is -0.390. The highest BCUT2D eigenvalue weighted by Gasteiger charge is 2.05. The summed E-state index contributed by atoms with van der Waals surface area (Å²) in [5.41, 5.74) is 8.79. The molecule has 0 heterocycles. The first-order valence-corrected chi connectivity index (χ1v) is 7.75. The summed E-state index contributed by atoms with van der Waals surface area (Å²) < 4.78 is 2.37. The van der Waals surface area contributed by atoms with Crippen molar-refractivity contribution in [3.05, 3.63) is 67.7 Å². The fraction of sp³-hybridized carbons (Fsp3) is 0.200. The van der Waals surface area contributed by atoms with Crippen molar-refractivity contribution in [2.45, 2.75) is 18.9 Å². The largest absolute Gasteiger partial charge is 0.327 e. The van der Waals surface area contributed by atoms with Crippen LogP contribution >= 0.6 is 38.5 Å². The van der Waals surface area contributed by atoms with Crippen LogP contribution < -0.4 is 5.73 Å². The van der Waals surface area contributed by atoms with Crippen LogP contribution in [0.3, 0.4) is 0 Å². The van der Waals surface area contributed by atoms with Crippen molar-refractivity contribution in [2.24, 2.45) is 5.73 Å². The monoisotopic (exact) mass is 415 g/mol. The van der Waals surface area contributed by atoms with E-state index < -0.39 is 0 Å². The molecular formula is C15H15BrIN. The van der Waals surface area contributed by atoms with Gasteiger partial charge in [-0.25, -0.2) is 0 Å². The predicted molar refractivity (Wildman–Crippen MR) is 88.7 cm³/mol. The van der Waals surface area contributed by atoms with E-state index in [0.29, 0.717) is 0 Å². The second kappa shape index (κ2) is 6.68. The molecule has 0 aromatic heterocycles. The van der Waals surface area contributed by atoms with Crippen molar-refractivity contribution >= 4 is 38.5 Å². The van der Waals surface area contributed by atoms with Crippen molar-refractivity contribution in [1.82, 2.24) is 0 Å². The van der Waals surface area contributed by atoms with Gasteiger partial charge in [-0.15, -0.1) is 0 Å². The Balaban J connectivity index is 1.94. The highest BCUT2D eigenvalue weighted by molar-refractivity contribution is 14.1. The van der Waals surface area contributed by atoms with E-state index in [9.17, 15) is 0 Å². The highest BCUT2D eigenvalue weighted by atomic mass is 127. The Bertz CT molecular complexity index is 445. The summed E-state index contributed by atoms with van der Waals surface area (Å²) in [6.07, 6.45) is 1.84. The van der Waals surface area contributed by atoms with Gasteiger partial charge in [-0.3, -0.25) is 0 Å². The zero-order valence-corrected chi connectivity index (χ0v) is 13.7. The van der Waals surface area contributed by atoms with E-state index in [-0.39, 0.29) is 6.04 Å². The Kier molecular flexibility index (Phi) is 5.21. The summed E-state index contributed by atoms with van der Waals surface area (Å²) >= 11 is 5.76. The van der Waals surface area contributed by atoms with Gasteiger partial charge in [-0.05, 0) is 70.8 Å². The Morgan fingerprint density at radius 2 is 1.33 bits per heavy atom. The minimum Gasteiger partial charge on any atom is -0.327 e. The van der Waals surface area contributed by atoms with E-state index in [1.54, 1.807) is 0 Å². The molecule has 0 radical (unpaired) electrons. The second-order valence-electron chi connectivity index (χ2n) is 4.42. The zero-order valence-electron chi connectivity index (χ0n) is 9.94. The maximum atomic E-state index is 6.20. The van der Waals surface area contributed by atoms with Gasteiger partial charge in [0.05, 0.1) is 0 Å². The molecule has 1 atom stereocenters. The molecule has 1 nitrogen and oxygen atoms in total. The lowest BCUT2D eigenvalue weighted by Gasteiger charge is -2.12. The molecule has 0 spiro atoms. The number of hydrogen-bond donors (Lipinski definition) is 1. The van der Waals surface area contributed by atoms with Gasteiger partial charge in [0.1, 0.15) is 0 Å². The molecule has 0 saturated carbocycles. The van der Waals surface area contributed by atoms with E-state index in [4.69, 9.17) is 5.73 Å². The number of nitrogens with two attached hydrogens (primary N) is 1. The number of halogens is 2. The number of benzene rings is 2. The molecule has 2 aromatic carbocycles. The Morgan fingerprint density at radius 1 is 0.889 bits per heavy atom. The van der Waals surface area contributed by atoms with E-state index in [2.05, 4.69) is 87.1 Å². The molecule has 0 bridgehead atoms. The van der Waals surface area contributed by atoms with Crippen LogP contribution in [0.4, 0.5) is 0 Å². The van der Waals surface area contributed by atoms with Gasteiger partial charge >= 0.3 is 0 Å². The van der Waals surface area contributed by atoms with E-state index in [1.807, 2.05) is 0 Å². The third-order valence-corrected chi connectivity index (χ3v) is 4.07. The average Bonchev–Trinajstić information content (AvgIpc) is 2.35. The lowest BCUT2D eigenvalue weighted by Crippen LogP contribution is -2.25. The molecule has 0 aliphatic rings. The number of hydrogen-bond acceptors (Lipinski definition) is 1. The fourth-order valence-electron chi connectivity index (χ4n) is 1.92. The first-order valence-electron chi connectivity index (χ1n) is 5.88. The second-order valence-corrected chi connectivity index (χ2v) is 6.58. The lowest BCUT2D eigenvalue weighted by atomic mass is 10.00. The van der Waals surface area contributed by atoms with Gasteiger partial charge in [0.15, 0.2) is 0 Å². The van der Waals surface area contributed by atoms with Crippen LogP contribution in [0.2, 0.25) is 0 Å². The molecule has 94 valence electrons. The van der Waals surface area contributed by atoms with Crippen molar-refractivity contribution in [1.29, 1.82) is 0 Å². The quantitative estimate of drug-likeness (QED) is 0.745. The average molecular weight is 416 g/mol. The van der Waals surface area contributed by atoms with Gasteiger partial charge in [-0.1, -0.05) is 40.2 Å². The lowest BCUT2D eigenvalue weighted by molar-refractivity contribution is 0.665. The van der Waals surface area contributed by atoms with Crippen LogP contribution in [0.5, 0.6) is 0 Å². The van der Waals surface area contributed by atoms with Crippen molar-refractivity contribution in [3.63, 3.8) is 0 Å². The normalized spacial score (nSPS) is 12.4. The van der Waals surface area contributed by atoms with Crippen molar-refractivity contribution in [2.75, 3.05) is 0 Å². The standard InChI is InChI=1S/C15H15BrIN/c16-13-5-1-11(2-6-13)9-15(18)10-12-3-7-14(17)8-4-12/h1-8,15H,9-10,18H2. The zero-order chi connectivity index (χ0) is 13.0. The summed E-state index contributed by atoms with van der Waals surface area (Å²) in [4.78, 5) is 0. The molecule has 2 N–H and O–H groups in total. The number of rotatable bonds is 4. The highest BCUT2D eigenvalue weighted by Crippen LogP contribution is 2.13. The van der Waals surface area contributed by atoms with Crippen LogP contribution in [0, 0.1) is 3.57 Å². The molecule has 0 aliphatic heterocycles. The van der Waals surface area contributed by atoms with Gasteiger partial charge in [0, 0.05) is 14.1 Å². The van der Waals surface area contributed by atoms with E-state index in [1.165, 1.54) is 14.7 Å². The SMILES string of the molecule is NC(Cc1ccc(Br)cc1)Cc1ccc(I)cc1. The first-order chi connectivity index (χ1) is 8.63. The van der Waals surface area contributed by atoms with E-state index in [0.717, 1.165) is 17.3 Å². The van der Waals surface area contributed by atoms with Crippen LogP contribution in [0.15, 0.2) is 53.0 Å². The van der Waals surface area contributed by atoms with Gasteiger partial charge in [0.2, 0.25) is 0 Å². The molecule has 0 fully saturated rings. The van der Waals surface area contributed by atoms with Crippen LogP contribution in [-0.4, -0.2) is 6.04 Å². The van der Waals surface area contributed by atoms with Crippen molar-refractivity contribution < 1.29 is 0 Å². The van der Waals surface area contributed by atoms with E-state index >= 15 is 0 Å². The molecule has 18 heavy (non-hydrogen) atoms. The molecule has 0 saturated heterocycles. The fourth-order valence-corrected chi connectivity index (χ4v) is 2.54. The maximum Gasteiger partial charge on any atom is 0.0175 e. The van der Waals surface area contributed by atoms with Gasteiger partial charge in [0.25, 0.3) is 0 Å². The molecule has 3 heteroatoms. The van der Waals surface area contributed by atoms with Gasteiger partial charge < -0.3 is 5.73 Å². The summed E-state index contributed by atoms with van der Waals surface area (Å²) in [6, 6.07) is 17.1. The molecular weight excluding hydrogens is 401 g/mol. The van der Waals surface area contributed by atoms with Crippen LogP contribution in [0.25, 0.3) is 0 Å². The van der Waals surface area contributed by atoms with Gasteiger partial charge in [-0.2, -0.15) is 0 Å². The van der Waals surface area contributed by atoms with Crippen LogP contribution in [-0.2, 0) is 12.8 Å². The molecule has 2 rings (SSSR count). The molecule has 0 aliphatic carbocycles. The Labute approximate surface area is 130 Å². The Morgan fingerprint density at radius 3 is 1.83 bits per heavy atom. The van der Waals surface area contributed by atoms with Crippen molar-refractivity contribution in [3.8, 4) is 0 Å². The summed E-state index contributed by atoms with van der Waals surface area (Å²) in [7, 11) is 0. The topological polar surface area (TPSA) is 26.0 Å². The summed E-state index contributed by atoms with van der Waals surface area (Å²) in [5, 5.41) is 0. The summed E-state index contributed by atoms with van der Waals surface area (Å²) in [6.45, 7) is 0. The molecule has 2 aromatic rings. The predicted octanol–water partition coefficient (Wildman–Crippen LogP) is 4.17. The first kappa shape index (κ1) is 14.0. The third-order valence-electron chi connectivity index (χ3n) is 2.82. The maximum absolute atomic E-state index is 6.20.